The SMILES string of the molecule is Nc1c(O)ccc2c(Cl)csc12. The molecule has 62 valence electrons. The molecule has 0 aliphatic carbocycles. The van der Waals surface area contributed by atoms with Crippen LogP contribution >= 0.6 is 22.9 Å². The van der Waals surface area contributed by atoms with Crippen molar-refractivity contribution >= 4 is 38.7 Å². The summed E-state index contributed by atoms with van der Waals surface area (Å²) in [6.45, 7) is 0. The average molecular weight is 200 g/mol. The number of thiophene rings is 1. The molecule has 0 saturated heterocycles. The van der Waals surface area contributed by atoms with Gasteiger partial charge in [-0.3, -0.25) is 0 Å². The highest BCUT2D eigenvalue weighted by molar-refractivity contribution is 7.18. The van der Waals surface area contributed by atoms with Crippen molar-refractivity contribution in [2.75, 3.05) is 5.73 Å². The lowest BCUT2D eigenvalue weighted by Gasteiger charge is -1.98. The lowest BCUT2D eigenvalue weighted by molar-refractivity contribution is 0.479. The monoisotopic (exact) mass is 199 g/mol. The first-order valence-corrected chi connectivity index (χ1v) is 4.60. The van der Waals surface area contributed by atoms with Gasteiger partial charge in [-0.1, -0.05) is 11.6 Å². The van der Waals surface area contributed by atoms with Gasteiger partial charge >= 0.3 is 0 Å². The molecule has 3 N–H and O–H groups in total. The number of anilines is 1. The molecule has 1 heterocycles. The summed E-state index contributed by atoms with van der Waals surface area (Å²) in [7, 11) is 0. The summed E-state index contributed by atoms with van der Waals surface area (Å²) in [5.41, 5.74) is 6.04. The second-order valence-electron chi connectivity index (χ2n) is 2.46. The maximum absolute atomic E-state index is 9.27. The average Bonchev–Trinajstić information content (AvgIpc) is 2.41. The van der Waals surface area contributed by atoms with E-state index in [1.54, 1.807) is 12.1 Å². The van der Waals surface area contributed by atoms with Crippen LogP contribution in [0.1, 0.15) is 0 Å². The number of halogens is 1. The number of nitrogens with two attached hydrogens (primary N) is 1. The molecule has 1 aromatic heterocycles. The van der Waals surface area contributed by atoms with Gasteiger partial charge in [-0.2, -0.15) is 0 Å². The topological polar surface area (TPSA) is 46.2 Å². The first-order chi connectivity index (χ1) is 5.70. The van der Waals surface area contributed by atoms with Crippen LogP contribution in [0.4, 0.5) is 5.69 Å². The van der Waals surface area contributed by atoms with Crippen LogP contribution < -0.4 is 5.73 Å². The molecule has 0 unspecified atom stereocenters. The molecular formula is C8H6ClNOS. The Bertz CT molecular complexity index is 438. The lowest BCUT2D eigenvalue weighted by Crippen LogP contribution is -1.84. The third-order valence-electron chi connectivity index (χ3n) is 1.71. The van der Waals surface area contributed by atoms with Crippen molar-refractivity contribution in [1.29, 1.82) is 0 Å². The lowest BCUT2D eigenvalue weighted by atomic mass is 10.2. The molecule has 2 rings (SSSR count). The van der Waals surface area contributed by atoms with Crippen LogP contribution in [0, 0.1) is 0 Å². The van der Waals surface area contributed by atoms with Crippen LogP contribution in [0.3, 0.4) is 0 Å². The molecule has 0 radical (unpaired) electrons. The van der Waals surface area contributed by atoms with E-state index in [4.69, 9.17) is 17.3 Å². The van der Waals surface area contributed by atoms with Crippen molar-refractivity contribution < 1.29 is 5.11 Å². The van der Waals surface area contributed by atoms with E-state index in [1.807, 2.05) is 5.38 Å². The van der Waals surface area contributed by atoms with Crippen LogP contribution in [0.5, 0.6) is 5.75 Å². The van der Waals surface area contributed by atoms with Gasteiger partial charge in [-0.15, -0.1) is 11.3 Å². The zero-order chi connectivity index (χ0) is 8.72. The Morgan fingerprint density at radius 3 is 2.92 bits per heavy atom. The Balaban J connectivity index is 2.93. The summed E-state index contributed by atoms with van der Waals surface area (Å²) in [6.07, 6.45) is 0. The molecular weight excluding hydrogens is 194 g/mol. The minimum absolute atomic E-state index is 0.112. The Morgan fingerprint density at radius 2 is 2.17 bits per heavy atom. The highest BCUT2D eigenvalue weighted by atomic mass is 35.5. The minimum Gasteiger partial charge on any atom is -0.506 e. The predicted molar refractivity (Wildman–Crippen MR) is 52.9 cm³/mol. The standard InChI is InChI=1S/C8H6ClNOS/c9-5-3-12-8-4(5)1-2-6(11)7(8)10/h1-3,11H,10H2. The molecule has 0 amide bonds. The quantitative estimate of drug-likeness (QED) is 0.506. The largest absolute Gasteiger partial charge is 0.506 e. The van der Waals surface area contributed by atoms with Crippen LogP contribution in [0.15, 0.2) is 17.5 Å². The van der Waals surface area contributed by atoms with E-state index in [-0.39, 0.29) is 5.75 Å². The van der Waals surface area contributed by atoms with Crippen molar-refractivity contribution in [3.63, 3.8) is 0 Å². The fourth-order valence-electron chi connectivity index (χ4n) is 1.08. The molecule has 0 bridgehead atoms. The number of phenolic OH excluding ortho intramolecular Hbond substituents is 1. The molecule has 0 fully saturated rings. The van der Waals surface area contributed by atoms with Gasteiger partial charge in [0, 0.05) is 10.8 Å². The first-order valence-electron chi connectivity index (χ1n) is 3.34. The zero-order valence-corrected chi connectivity index (χ0v) is 7.62. The third kappa shape index (κ3) is 0.940. The maximum atomic E-state index is 9.27. The normalized spacial score (nSPS) is 10.8. The molecule has 0 saturated carbocycles. The molecule has 0 atom stereocenters. The van der Waals surface area contributed by atoms with E-state index >= 15 is 0 Å². The van der Waals surface area contributed by atoms with Gasteiger partial charge in [0.25, 0.3) is 0 Å². The summed E-state index contributed by atoms with van der Waals surface area (Å²) < 4.78 is 0.847. The summed E-state index contributed by atoms with van der Waals surface area (Å²) in [5, 5.41) is 12.7. The zero-order valence-electron chi connectivity index (χ0n) is 6.04. The smallest absolute Gasteiger partial charge is 0.139 e. The summed E-state index contributed by atoms with van der Waals surface area (Å²) in [5.74, 6) is 0.112. The predicted octanol–water partition coefficient (Wildman–Crippen LogP) is 2.84. The highest BCUT2D eigenvalue weighted by Crippen LogP contribution is 2.37. The van der Waals surface area contributed by atoms with Crippen molar-refractivity contribution in [3.8, 4) is 5.75 Å². The van der Waals surface area contributed by atoms with Crippen LogP contribution in [-0.4, -0.2) is 5.11 Å². The fraction of sp³-hybridized carbons (Fsp3) is 0. The van der Waals surface area contributed by atoms with E-state index in [0.29, 0.717) is 10.7 Å². The number of aromatic hydroxyl groups is 1. The van der Waals surface area contributed by atoms with E-state index in [0.717, 1.165) is 10.1 Å². The van der Waals surface area contributed by atoms with E-state index < -0.39 is 0 Å². The minimum atomic E-state index is 0.112. The van der Waals surface area contributed by atoms with Gasteiger partial charge in [-0.25, -0.2) is 0 Å². The summed E-state index contributed by atoms with van der Waals surface area (Å²) in [6, 6.07) is 3.32. The number of nitrogen functional groups attached to an aromatic ring is 1. The molecule has 4 heteroatoms. The van der Waals surface area contributed by atoms with Gasteiger partial charge in [0.05, 0.1) is 15.4 Å². The Morgan fingerprint density at radius 1 is 1.42 bits per heavy atom. The highest BCUT2D eigenvalue weighted by Gasteiger charge is 2.07. The molecule has 2 aromatic rings. The molecule has 0 aliphatic rings. The van der Waals surface area contributed by atoms with E-state index in [9.17, 15) is 5.11 Å². The van der Waals surface area contributed by atoms with E-state index in [1.165, 1.54) is 11.3 Å². The molecule has 1 aromatic carbocycles. The Labute approximate surface area is 78.2 Å². The number of phenols is 1. The first kappa shape index (κ1) is 7.71. The number of hydrogen-bond donors (Lipinski definition) is 2. The van der Waals surface area contributed by atoms with E-state index in [2.05, 4.69) is 0 Å². The molecule has 12 heavy (non-hydrogen) atoms. The molecule has 0 spiro atoms. The molecule has 2 nitrogen and oxygen atoms in total. The maximum Gasteiger partial charge on any atom is 0.139 e. The van der Waals surface area contributed by atoms with Crippen molar-refractivity contribution in [2.24, 2.45) is 0 Å². The van der Waals surface area contributed by atoms with Gasteiger partial charge in [0.15, 0.2) is 0 Å². The third-order valence-corrected chi connectivity index (χ3v) is 3.18. The van der Waals surface area contributed by atoms with Gasteiger partial charge in [-0.05, 0) is 12.1 Å². The second-order valence-corrected chi connectivity index (χ2v) is 3.75. The Hall–Kier alpha value is -0.930. The van der Waals surface area contributed by atoms with Crippen molar-refractivity contribution in [1.82, 2.24) is 0 Å². The number of hydrogen-bond acceptors (Lipinski definition) is 3. The summed E-state index contributed by atoms with van der Waals surface area (Å²) >= 11 is 7.31. The second kappa shape index (κ2) is 2.54. The number of benzene rings is 1. The fourth-order valence-corrected chi connectivity index (χ4v) is 2.31. The summed E-state index contributed by atoms with van der Waals surface area (Å²) in [4.78, 5) is 0. The number of rotatable bonds is 0. The number of fused-ring (bicyclic) bond motifs is 1. The molecule has 0 aliphatic heterocycles. The van der Waals surface area contributed by atoms with Gasteiger partial charge in [0.1, 0.15) is 5.75 Å². The van der Waals surface area contributed by atoms with Gasteiger partial charge in [0.2, 0.25) is 0 Å². The van der Waals surface area contributed by atoms with Crippen LogP contribution in [0.25, 0.3) is 10.1 Å². The van der Waals surface area contributed by atoms with Gasteiger partial charge < -0.3 is 10.8 Å². The van der Waals surface area contributed by atoms with Crippen LogP contribution in [0.2, 0.25) is 5.02 Å². The van der Waals surface area contributed by atoms with Crippen molar-refractivity contribution in [2.45, 2.75) is 0 Å². The van der Waals surface area contributed by atoms with Crippen molar-refractivity contribution in [3.05, 3.63) is 22.5 Å². The Kier molecular flexibility index (Phi) is 1.63. The van der Waals surface area contributed by atoms with Crippen LogP contribution in [-0.2, 0) is 0 Å².